The molecule has 100 valence electrons. The number of nitro groups is 1. The van der Waals surface area contributed by atoms with Gasteiger partial charge < -0.3 is 10.4 Å². The Kier molecular flexibility index (Phi) is 6.14. The van der Waals surface area contributed by atoms with Gasteiger partial charge in [0.15, 0.2) is 0 Å². The molecule has 5 heteroatoms. The monoisotopic (exact) mass is 252 g/mol. The van der Waals surface area contributed by atoms with E-state index >= 15 is 0 Å². The molecule has 0 saturated carbocycles. The van der Waals surface area contributed by atoms with Gasteiger partial charge in [-0.15, -0.1) is 0 Å². The van der Waals surface area contributed by atoms with E-state index in [2.05, 4.69) is 5.32 Å². The Bertz CT molecular complexity index is 394. The number of aliphatic hydroxyl groups is 1. The molecule has 1 aromatic rings. The summed E-state index contributed by atoms with van der Waals surface area (Å²) in [6.07, 6.45) is 3.92. The van der Waals surface area contributed by atoms with Crippen molar-refractivity contribution in [2.45, 2.75) is 32.6 Å². The van der Waals surface area contributed by atoms with Crippen LogP contribution in [-0.2, 0) is 0 Å². The van der Waals surface area contributed by atoms with E-state index in [9.17, 15) is 10.1 Å². The number of hydrogen-bond acceptors (Lipinski definition) is 4. The van der Waals surface area contributed by atoms with Crippen molar-refractivity contribution in [3.05, 3.63) is 33.9 Å². The predicted octanol–water partition coefficient (Wildman–Crippen LogP) is 2.87. The molecule has 2 N–H and O–H groups in total. The molecule has 0 fully saturated rings. The maximum atomic E-state index is 10.7. The number of nitro benzene ring substituents is 1. The first-order valence-electron chi connectivity index (χ1n) is 6.24. The number of hydrogen-bond donors (Lipinski definition) is 2. The van der Waals surface area contributed by atoms with Gasteiger partial charge >= 0.3 is 0 Å². The molecule has 1 aromatic carbocycles. The summed E-state index contributed by atoms with van der Waals surface area (Å²) in [5, 5.41) is 22.5. The summed E-state index contributed by atoms with van der Waals surface area (Å²) in [6.45, 7) is 2.89. The normalized spacial score (nSPS) is 10.3. The van der Waals surface area contributed by atoms with Crippen LogP contribution in [0.15, 0.2) is 18.2 Å². The van der Waals surface area contributed by atoms with Crippen LogP contribution >= 0.6 is 0 Å². The number of aliphatic hydroxyl groups excluding tert-OH is 1. The summed E-state index contributed by atoms with van der Waals surface area (Å²) >= 11 is 0. The van der Waals surface area contributed by atoms with Gasteiger partial charge in [0.25, 0.3) is 5.69 Å². The smallest absolute Gasteiger partial charge is 0.271 e. The topological polar surface area (TPSA) is 75.4 Å². The van der Waals surface area contributed by atoms with Crippen molar-refractivity contribution in [2.24, 2.45) is 0 Å². The molecule has 1 rings (SSSR count). The van der Waals surface area contributed by atoms with Crippen LogP contribution in [0.25, 0.3) is 0 Å². The highest BCUT2D eigenvalue weighted by Crippen LogP contribution is 2.20. The summed E-state index contributed by atoms with van der Waals surface area (Å²) in [5.74, 6) is 0. The lowest BCUT2D eigenvalue weighted by Gasteiger charge is -2.07. The van der Waals surface area contributed by atoms with Crippen LogP contribution in [0.3, 0.4) is 0 Å². The van der Waals surface area contributed by atoms with Crippen molar-refractivity contribution >= 4 is 11.4 Å². The van der Waals surface area contributed by atoms with Crippen LogP contribution in [0, 0.1) is 17.0 Å². The second-order valence-corrected chi connectivity index (χ2v) is 4.38. The Labute approximate surface area is 107 Å². The van der Waals surface area contributed by atoms with E-state index in [0.717, 1.165) is 43.5 Å². The van der Waals surface area contributed by atoms with Gasteiger partial charge in [-0.1, -0.05) is 12.8 Å². The predicted molar refractivity (Wildman–Crippen MR) is 71.9 cm³/mol. The average Bonchev–Trinajstić information content (AvgIpc) is 2.33. The first-order valence-corrected chi connectivity index (χ1v) is 6.24. The van der Waals surface area contributed by atoms with Crippen molar-refractivity contribution in [1.82, 2.24) is 0 Å². The minimum absolute atomic E-state index is 0.123. The largest absolute Gasteiger partial charge is 0.396 e. The number of non-ortho nitro benzene ring substituents is 1. The highest BCUT2D eigenvalue weighted by atomic mass is 16.6. The van der Waals surface area contributed by atoms with Gasteiger partial charge in [-0.25, -0.2) is 0 Å². The molecule has 0 spiro atoms. The van der Waals surface area contributed by atoms with E-state index in [1.807, 2.05) is 13.0 Å². The first-order chi connectivity index (χ1) is 8.63. The van der Waals surface area contributed by atoms with E-state index in [4.69, 9.17) is 5.11 Å². The number of rotatable bonds is 8. The third-order valence-electron chi connectivity index (χ3n) is 2.69. The lowest BCUT2D eigenvalue weighted by atomic mass is 10.1. The van der Waals surface area contributed by atoms with Gasteiger partial charge in [-0.05, 0) is 31.4 Å². The number of nitrogens with one attached hydrogen (secondary N) is 1. The maximum absolute atomic E-state index is 10.7. The number of nitrogens with zero attached hydrogens (tertiary/aromatic N) is 1. The van der Waals surface area contributed by atoms with Crippen LogP contribution in [0.2, 0.25) is 0 Å². The Morgan fingerprint density at radius 3 is 2.61 bits per heavy atom. The average molecular weight is 252 g/mol. The van der Waals surface area contributed by atoms with Gasteiger partial charge in [0.2, 0.25) is 0 Å². The Hall–Kier alpha value is -1.62. The van der Waals surface area contributed by atoms with E-state index in [1.54, 1.807) is 12.1 Å². The number of unbranched alkanes of at least 4 members (excludes halogenated alkanes) is 3. The van der Waals surface area contributed by atoms with Crippen molar-refractivity contribution in [1.29, 1.82) is 0 Å². The van der Waals surface area contributed by atoms with Crippen LogP contribution in [0.4, 0.5) is 11.4 Å². The molecule has 0 saturated heterocycles. The standard InChI is InChI=1S/C13H20N2O3/c1-11-8-12(10-13(9-11)15(17)18)14-6-4-2-3-5-7-16/h8-10,14,16H,2-7H2,1H3. The zero-order valence-corrected chi connectivity index (χ0v) is 10.7. The van der Waals surface area contributed by atoms with Gasteiger partial charge in [0.1, 0.15) is 0 Å². The molecule has 5 nitrogen and oxygen atoms in total. The highest BCUT2D eigenvalue weighted by molar-refractivity contribution is 5.53. The highest BCUT2D eigenvalue weighted by Gasteiger charge is 2.07. The summed E-state index contributed by atoms with van der Waals surface area (Å²) in [7, 11) is 0. The van der Waals surface area contributed by atoms with Gasteiger partial charge in [0, 0.05) is 31.0 Å². The minimum Gasteiger partial charge on any atom is -0.396 e. The number of aryl methyl sites for hydroxylation is 1. The number of benzene rings is 1. The molecule has 0 aliphatic heterocycles. The van der Waals surface area contributed by atoms with Gasteiger partial charge in [0.05, 0.1) is 4.92 Å². The molecule has 0 bridgehead atoms. The lowest BCUT2D eigenvalue weighted by Crippen LogP contribution is -2.02. The summed E-state index contributed by atoms with van der Waals surface area (Å²) in [5.41, 5.74) is 1.80. The van der Waals surface area contributed by atoms with Crippen LogP contribution in [0.5, 0.6) is 0 Å². The van der Waals surface area contributed by atoms with Crippen LogP contribution in [-0.4, -0.2) is 23.2 Å². The fraction of sp³-hybridized carbons (Fsp3) is 0.538. The molecule has 0 radical (unpaired) electrons. The summed E-state index contributed by atoms with van der Waals surface area (Å²) < 4.78 is 0. The van der Waals surface area contributed by atoms with E-state index in [1.165, 1.54) is 0 Å². The fourth-order valence-corrected chi connectivity index (χ4v) is 1.79. The fourth-order valence-electron chi connectivity index (χ4n) is 1.79. The van der Waals surface area contributed by atoms with E-state index < -0.39 is 0 Å². The van der Waals surface area contributed by atoms with E-state index in [-0.39, 0.29) is 17.2 Å². The molecule has 0 aromatic heterocycles. The van der Waals surface area contributed by atoms with Crippen molar-refractivity contribution in [3.63, 3.8) is 0 Å². The Morgan fingerprint density at radius 1 is 1.22 bits per heavy atom. The molecule has 0 amide bonds. The second-order valence-electron chi connectivity index (χ2n) is 4.38. The van der Waals surface area contributed by atoms with Gasteiger partial charge in [-0.3, -0.25) is 10.1 Å². The third-order valence-corrected chi connectivity index (χ3v) is 2.69. The minimum atomic E-state index is -0.376. The SMILES string of the molecule is Cc1cc(NCCCCCCO)cc([N+](=O)[O-])c1. The second kappa shape index (κ2) is 7.66. The molecule has 18 heavy (non-hydrogen) atoms. The molecular formula is C13H20N2O3. The van der Waals surface area contributed by atoms with Crippen molar-refractivity contribution < 1.29 is 10.0 Å². The Balaban J connectivity index is 2.40. The molecular weight excluding hydrogens is 232 g/mol. The first kappa shape index (κ1) is 14.4. The van der Waals surface area contributed by atoms with Crippen LogP contribution < -0.4 is 5.32 Å². The third kappa shape index (κ3) is 5.14. The van der Waals surface area contributed by atoms with Crippen LogP contribution in [0.1, 0.15) is 31.2 Å². The molecule has 0 heterocycles. The quantitative estimate of drug-likeness (QED) is 0.424. The zero-order valence-electron chi connectivity index (χ0n) is 10.7. The summed E-state index contributed by atoms with van der Waals surface area (Å²) in [4.78, 5) is 10.3. The molecule has 0 aliphatic carbocycles. The zero-order chi connectivity index (χ0) is 13.4. The Morgan fingerprint density at radius 2 is 1.94 bits per heavy atom. The lowest BCUT2D eigenvalue weighted by molar-refractivity contribution is -0.384. The number of anilines is 1. The van der Waals surface area contributed by atoms with Gasteiger partial charge in [-0.2, -0.15) is 0 Å². The van der Waals surface area contributed by atoms with Crippen molar-refractivity contribution in [3.8, 4) is 0 Å². The maximum Gasteiger partial charge on any atom is 0.271 e. The molecule has 0 unspecified atom stereocenters. The van der Waals surface area contributed by atoms with Crippen molar-refractivity contribution in [2.75, 3.05) is 18.5 Å². The summed E-state index contributed by atoms with van der Waals surface area (Å²) in [6, 6.07) is 5.02. The molecule has 0 aliphatic rings. The van der Waals surface area contributed by atoms with E-state index in [0.29, 0.717) is 0 Å². The molecule has 0 atom stereocenters.